The molecule has 21 heavy (non-hydrogen) atoms. The fraction of sp³-hybridized carbons (Fsp3) is 0.500. The second-order valence-corrected chi connectivity index (χ2v) is 5.90. The molecule has 5 heteroatoms. The Morgan fingerprint density at radius 2 is 2.14 bits per heavy atom. The van der Waals surface area contributed by atoms with E-state index in [9.17, 15) is 9.59 Å². The van der Waals surface area contributed by atoms with Gasteiger partial charge in [-0.1, -0.05) is 13.8 Å². The normalized spacial score (nSPS) is 14.2. The SMILES string of the molecule is CC(C)CCNC(=O)CN1C(=O)CCc2cc(N)ccc21. The van der Waals surface area contributed by atoms with Gasteiger partial charge in [-0.25, -0.2) is 0 Å². The molecule has 1 aliphatic heterocycles. The van der Waals surface area contributed by atoms with Gasteiger partial charge in [0.1, 0.15) is 6.54 Å². The Labute approximate surface area is 125 Å². The zero-order chi connectivity index (χ0) is 15.4. The van der Waals surface area contributed by atoms with Crippen LogP contribution >= 0.6 is 0 Å². The molecule has 3 N–H and O–H groups in total. The van der Waals surface area contributed by atoms with Crippen LogP contribution in [0.2, 0.25) is 0 Å². The van der Waals surface area contributed by atoms with Gasteiger partial charge in [-0.2, -0.15) is 0 Å². The zero-order valence-electron chi connectivity index (χ0n) is 12.7. The summed E-state index contributed by atoms with van der Waals surface area (Å²) in [7, 11) is 0. The standard InChI is InChI=1S/C16H23N3O2/c1-11(2)7-8-18-15(20)10-19-14-5-4-13(17)9-12(14)3-6-16(19)21/h4-5,9,11H,3,6-8,10,17H2,1-2H3,(H,18,20). The van der Waals surface area contributed by atoms with Gasteiger partial charge >= 0.3 is 0 Å². The molecule has 0 atom stereocenters. The number of benzene rings is 1. The number of aryl methyl sites for hydroxylation is 1. The molecule has 114 valence electrons. The van der Waals surface area contributed by atoms with E-state index in [1.54, 1.807) is 11.0 Å². The van der Waals surface area contributed by atoms with Crippen molar-refractivity contribution in [2.24, 2.45) is 5.92 Å². The molecular weight excluding hydrogens is 266 g/mol. The molecule has 1 aromatic carbocycles. The van der Waals surface area contributed by atoms with Crippen molar-refractivity contribution in [1.82, 2.24) is 5.32 Å². The Hall–Kier alpha value is -2.04. The van der Waals surface area contributed by atoms with Gasteiger partial charge in [-0.3, -0.25) is 9.59 Å². The summed E-state index contributed by atoms with van der Waals surface area (Å²) in [6.07, 6.45) is 2.05. The maximum absolute atomic E-state index is 12.1. The van der Waals surface area contributed by atoms with Crippen molar-refractivity contribution in [3.63, 3.8) is 0 Å². The van der Waals surface area contributed by atoms with Gasteiger partial charge < -0.3 is 16.0 Å². The Kier molecular flexibility index (Phi) is 4.83. The molecule has 0 aliphatic carbocycles. The van der Waals surface area contributed by atoms with Crippen molar-refractivity contribution in [1.29, 1.82) is 0 Å². The summed E-state index contributed by atoms with van der Waals surface area (Å²) in [5.74, 6) is 0.422. The van der Waals surface area contributed by atoms with Crippen LogP contribution in [0.5, 0.6) is 0 Å². The van der Waals surface area contributed by atoms with Crippen molar-refractivity contribution >= 4 is 23.2 Å². The number of nitrogen functional groups attached to an aromatic ring is 1. The van der Waals surface area contributed by atoms with E-state index >= 15 is 0 Å². The third-order valence-corrected chi connectivity index (χ3v) is 3.65. The van der Waals surface area contributed by atoms with E-state index in [0.717, 1.165) is 17.7 Å². The average Bonchev–Trinajstić information content (AvgIpc) is 2.41. The van der Waals surface area contributed by atoms with Crippen LogP contribution in [0, 0.1) is 5.92 Å². The van der Waals surface area contributed by atoms with Crippen LogP contribution in [-0.2, 0) is 16.0 Å². The number of carbonyl (C=O) groups excluding carboxylic acids is 2. The number of hydrogen-bond donors (Lipinski definition) is 2. The van der Waals surface area contributed by atoms with Crippen LogP contribution in [0.1, 0.15) is 32.3 Å². The summed E-state index contributed by atoms with van der Waals surface area (Å²) in [6, 6.07) is 5.47. The number of carbonyl (C=O) groups is 2. The molecule has 0 spiro atoms. The Morgan fingerprint density at radius 1 is 1.38 bits per heavy atom. The van der Waals surface area contributed by atoms with Crippen molar-refractivity contribution in [2.45, 2.75) is 33.1 Å². The Morgan fingerprint density at radius 3 is 2.86 bits per heavy atom. The highest BCUT2D eigenvalue weighted by molar-refractivity contribution is 6.01. The molecule has 1 aliphatic rings. The fourth-order valence-electron chi connectivity index (χ4n) is 2.45. The average molecular weight is 289 g/mol. The first-order valence-corrected chi connectivity index (χ1v) is 7.43. The molecule has 0 fully saturated rings. The lowest BCUT2D eigenvalue weighted by molar-refractivity contribution is -0.124. The predicted octanol–water partition coefficient (Wildman–Crippen LogP) is 1.71. The number of rotatable bonds is 5. The lowest BCUT2D eigenvalue weighted by Gasteiger charge is -2.29. The predicted molar refractivity (Wildman–Crippen MR) is 84.0 cm³/mol. The van der Waals surface area contributed by atoms with Gasteiger partial charge in [0, 0.05) is 24.3 Å². The van der Waals surface area contributed by atoms with Crippen molar-refractivity contribution < 1.29 is 9.59 Å². The molecule has 0 saturated heterocycles. The van der Waals surface area contributed by atoms with Gasteiger partial charge in [0.15, 0.2) is 0 Å². The fourth-order valence-corrected chi connectivity index (χ4v) is 2.45. The second-order valence-electron chi connectivity index (χ2n) is 5.90. The highest BCUT2D eigenvalue weighted by atomic mass is 16.2. The quantitative estimate of drug-likeness (QED) is 0.810. The molecule has 1 heterocycles. The van der Waals surface area contributed by atoms with Crippen molar-refractivity contribution in [3.8, 4) is 0 Å². The summed E-state index contributed by atoms with van der Waals surface area (Å²) in [5.41, 5.74) is 8.30. The number of nitrogens with zero attached hydrogens (tertiary/aromatic N) is 1. The van der Waals surface area contributed by atoms with E-state index in [1.165, 1.54) is 0 Å². The minimum Gasteiger partial charge on any atom is -0.399 e. The largest absolute Gasteiger partial charge is 0.399 e. The minimum absolute atomic E-state index is 0.00807. The van der Waals surface area contributed by atoms with Crippen LogP contribution in [0.4, 0.5) is 11.4 Å². The first kappa shape index (κ1) is 15.4. The van der Waals surface area contributed by atoms with Gasteiger partial charge in [-0.05, 0) is 42.5 Å². The van der Waals surface area contributed by atoms with Crippen LogP contribution < -0.4 is 16.0 Å². The number of nitrogens with one attached hydrogen (secondary N) is 1. The maximum atomic E-state index is 12.1. The van der Waals surface area contributed by atoms with Gasteiger partial charge in [0.05, 0.1) is 0 Å². The van der Waals surface area contributed by atoms with E-state index in [0.29, 0.717) is 31.0 Å². The lowest BCUT2D eigenvalue weighted by atomic mass is 10.0. The van der Waals surface area contributed by atoms with Gasteiger partial charge in [-0.15, -0.1) is 0 Å². The van der Waals surface area contributed by atoms with Gasteiger partial charge in [0.25, 0.3) is 0 Å². The molecule has 2 rings (SSSR count). The highest BCUT2D eigenvalue weighted by Gasteiger charge is 2.25. The number of nitrogens with two attached hydrogens (primary N) is 1. The molecule has 0 aromatic heterocycles. The zero-order valence-corrected chi connectivity index (χ0v) is 12.7. The van der Waals surface area contributed by atoms with E-state index < -0.39 is 0 Å². The molecule has 0 bridgehead atoms. The molecule has 0 saturated carbocycles. The molecule has 2 amide bonds. The smallest absolute Gasteiger partial charge is 0.240 e. The monoisotopic (exact) mass is 289 g/mol. The third kappa shape index (κ3) is 3.97. The van der Waals surface area contributed by atoms with Crippen LogP contribution in [0.25, 0.3) is 0 Å². The lowest BCUT2D eigenvalue weighted by Crippen LogP contribution is -2.43. The summed E-state index contributed by atoms with van der Waals surface area (Å²) in [5, 5.41) is 2.87. The van der Waals surface area contributed by atoms with Crippen molar-refractivity contribution in [3.05, 3.63) is 23.8 Å². The second kappa shape index (κ2) is 6.61. The summed E-state index contributed by atoms with van der Waals surface area (Å²) in [4.78, 5) is 25.6. The van der Waals surface area contributed by atoms with Gasteiger partial charge in [0.2, 0.25) is 11.8 Å². The maximum Gasteiger partial charge on any atom is 0.240 e. The molecule has 5 nitrogen and oxygen atoms in total. The van der Waals surface area contributed by atoms with E-state index in [-0.39, 0.29) is 18.4 Å². The van der Waals surface area contributed by atoms with E-state index in [1.807, 2.05) is 12.1 Å². The van der Waals surface area contributed by atoms with Crippen LogP contribution in [0.3, 0.4) is 0 Å². The number of hydrogen-bond acceptors (Lipinski definition) is 3. The number of fused-ring (bicyclic) bond motifs is 1. The van der Waals surface area contributed by atoms with Crippen LogP contribution in [-0.4, -0.2) is 24.9 Å². The first-order valence-electron chi connectivity index (χ1n) is 7.43. The minimum atomic E-state index is -0.117. The molecule has 1 aromatic rings. The number of amides is 2. The highest BCUT2D eigenvalue weighted by Crippen LogP contribution is 2.29. The molecular formula is C16H23N3O2. The first-order chi connectivity index (χ1) is 9.97. The van der Waals surface area contributed by atoms with Crippen LogP contribution in [0.15, 0.2) is 18.2 Å². The van der Waals surface area contributed by atoms with E-state index in [2.05, 4.69) is 19.2 Å². The van der Waals surface area contributed by atoms with Crippen molar-refractivity contribution in [2.75, 3.05) is 23.7 Å². The number of anilines is 2. The third-order valence-electron chi connectivity index (χ3n) is 3.65. The Balaban J connectivity index is 2.02. The molecule has 0 radical (unpaired) electrons. The summed E-state index contributed by atoms with van der Waals surface area (Å²) in [6.45, 7) is 4.95. The topological polar surface area (TPSA) is 75.4 Å². The Bertz CT molecular complexity index is 540. The van der Waals surface area contributed by atoms with E-state index in [4.69, 9.17) is 5.73 Å². The summed E-state index contributed by atoms with van der Waals surface area (Å²) >= 11 is 0. The molecule has 0 unspecified atom stereocenters. The summed E-state index contributed by atoms with van der Waals surface area (Å²) < 4.78 is 0.